The molecule has 0 N–H and O–H groups in total. The molecule has 0 amide bonds. The van der Waals surface area contributed by atoms with Gasteiger partial charge in [-0.1, -0.05) is 27.7 Å². The van der Waals surface area contributed by atoms with E-state index in [9.17, 15) is 0 Å². The smallest absolute Gasteiger partial charge is 1.00 e. The van der Waals surface area contributed by atoms with Crippen molar-refractivity contribution in [1.29, 1.82) is 0 Å². The minimum Gasteiger partial charge on any atom is -1.00 e. The molecular formula is C15H20Cl2Hf. The molecule has 0 atom stereocenters. The average molecular weight is 450 g/mol. The van der Waals surface area contributed by atoms with Crippen LogP contribution in [0.5, 0.6) is 0 Å². The molecule has 0 aliphatic heterocycles. The van der Waals surface area contributed by atoms with Crippen molar-refractivity contribution in [3.8, 4) is 0 Å². The first kappa shape index (κ1) is 23.5. The maximum atomic E-state index is 3.30. The van der Waals surface area contributed by atoms with E-state index in [4.69, 9.17) is 0 Å². The van der Waals surface area contributed by atoms with Crippen LogP contribution in [0.15, 0.2) is 35.5 Å². The van der Waals surface area contributed by atoms with Crippen molar-refractivity contribution >= 4 is 0 Å². The minimum absolute atomic E-state index is 0. The van der Waals surface area contributed by atoms with Crippen LogP contribution in [-0.2, 0) is 25.8 Å². The van der Waals surface area contributed by atoms with Gasteiger partial charge in [0.1, 0.15) is 0 Å². The van der Waals surface area contributed by atoms with Gasteiger partial charge in [-0.15, -0.1) is 12.8 Å². The molecule has 0 nitrogen and oxygen atoms in total. The van der Waals surface area contributed by atoms with E-state index in [0.717, 1.165) is 12.8 Å². The van der Waals surface area contributed by atoms with Crippen LogP contribution in [0.25, 0.3) is 0 Å². The molecule has 0 unspecified atom stereocenters. The fourth-order valence-corrected chi connectivity index (χ4v) is 1.43. The van der Waals surface area contributed by atoms with E-state index >= 15 is 0 Å². The second-order valence-electron chi connectivity index (χ2n) is 4.91. The first-order valence-electron chi connectivity index (χ1n) is 5.52. The molecule has 0 bridgehead atoms. The fourth-order valence-electron chi connectivity index (χ4n) is 1.43. The number of allylic oxidation sites excluding steroid dienone is 8. The summed E-state index contributed by atoms with van der Waals surface area (Å²) >= 11 is 0. The maximum absolute atomic E-state index is 3.30. The van der Waals surface area contributed by atoms with Gasteiger partial charge in [-0.05, 0) is 5.41 Å². The summed E-state index contributed by atoms with van der Waals surface area (Å²) in [5.41, 5.74) is 2.92. The predicted molar refractivity (Wildman–Crippen MR) is 66.2 cm³/mol. The van der Waals surface area contributed by atoms with Gasteiger partial charge in [0, 0.05) is 0 Å². The Bertz CT molecular complexity index is 328. The van der Waals surface area contributed by atoms with Crippen LogP contribution in [0.3, 0.4) is 0 Å². The van der Waals surface area contributed by atoms with Gasteiger partial charge in [-0.3, -0.25) is 12.2 Å². The van der Waals surface area contributed by atoms with Gasteiger partial charge in [-0.25, -0.2) is 23.3 Å². The van der Waals surface area contributed by atoms with E-state index in [1.807, 2.05) is 0 Å². The summed E-state index contributed by atoms with van der Waals surface area (Å²) < 4.78 is 0. The molecule has 2 rings (SSSR count). The first-order chi connectivity index (χ1) is 7.00. The third-order valence-electron chi connectivity index (χ3n) is 2.37. The van der Waals surface area contributed by atoms with E-state index in [2.05, 4.69) is 64.2 Å². The van der Waals surface area contributed by atoms with Crippen LogP contribution in [-0.4, -0.2) is 0 Å². The monoisotopic (exact) mass is 450 g/mol. The first-order valence-corrected chi connectivity index (χ1v) is 5.52. The van der Waals surface area contributed by atoms with Crippen LogP contribution in [0.1, 0.15) is 40.5 Å². The van der Waals surface area contributed by atoms with Crippen LogP contribution in [0.4, 0.5) is 0 Å². The fraction of sp³-hybridized carbons (Fsp3) is 0.467. The Balaban J connectivity index is -0.000000225. The quantitative estimate of drug-likeness (QED) is 0.310. The molecule has 98 valence electrons. The van der Waals surface area contributed by atoms with Crippen LogP contribution in [0.2, 0.25) is 0 Å². The standard InChI is InChI=1S/C9H13.C6H7.2ClH.Hf/c1-9(2,3)8-6-4-5-7-8;1-6-4-2-3-5-6;;;/h4,6H,5H2,1-3H3;2,4H,3H2,1H3;2*1H;/q2*-1;;;+4/p-2. The summed E-state index contributed by atoms with van der Waals surface area (Å²) in [6.45, 7) is 8.70. The molecule has 0 aromatic carbocycles. The van der Waals surface area contributed by atoms with Crippen LogP contribution in [0, 0.1) is 17.6 Å². The Morgan fingerprint density at radius 2 is 1.44 bits per heavy atom. The third-order valence-corrected chi connectivity index (χ3v) is 2.37. The molecule has 18 heavy (non-hydrogen) atoms. The van der Waals surface area contributed by atoms with E-state index in [0.29, 0.717) is 5.41 Å². The van der Waals surface area contributed by atoms with Crippen molar-refractivity contribution in [3.05, 3.63) is 47.6 Å². The van der Waals surface area contributed by atoms with E-state index in [-0.39, 0.29) is 50.7 Å². The second kappa shape index (κ2) is 11.3. The van der Waals surface area contributed by atoms with E-state index < -0.39 is 0 Å². The zero-order chi connectivity index (χ0) is 11.3. The molecule has 0 heterocycles. The maximum Gasteiger partial charge on any atom is 4.00 e. The summed E-state index contributed by atoms with van der Waals surface area (Å²) in [7, 11) is 0. The SMILES string of the molecule is CC(C)(C)C1=[C-]CC=C1.CC1=[C-]CC=C1.[Cl-].[Cl-].[Hf+4]. The Kier molecular flexibility index (Phi) is 14.7. The van der Waals surface area contributed by atoms with E-state index in [1.165, 1.54) is 11.1 Å². The predicted octanol–water partition coefficient (Wildman–Crippen LogP) is -1.58. The molecule has 2 aliphatic carbocycles. The van der Waals surface area contributed by atoms with Crippen molar-refractivity contribution in [3.63, 3.8) is 0 Å². The average Bonchev–Trinajstić information content (AvgIpc) is 2.73. The largest absolute Gasteiger partial charge is 4.00 e. The topological polar surface area (TPSA) is 0 Å². The van der Waals surface area contributed by atoms with Gasteiger partial charge in [0.25, 0.3) is 0 Å². The molecule has 0 aromatic heterocycles. The van der Waals surface area contributed by atoms with Gasteiger partial charge in [0.05, 0.1) is 0 Å². The van der Waals surface area contributed by atoms with Gasteiger partial charge in [0.15, 0.2) is 0 Å². The molecule has 2 aliphatic rings. The zero-order valence-corrected chi connectivity index (χ0v) is 16.6. The summed E-state index contributed by atoms with van der Waals surface area (Å²) in [5, 5.41) is 0. The molecular weight excluding hydrogens is 430 g/mol. The molecule has 0 aromatic rings. The van der Waals surface area contributed by atoms with Crippen LogP contribution < -0.4 is 24.8 Å². The molecule has 0 spiro atoms. The van der Waals surface area contributed by atoms with Crippen molar-refractivity contribution < 1.29 is 50.7 Å². The third kappa shape index (κ3) is 9.35. The number of halogens is 2. The van der Waals surface area contributed by atoms with E-state index in [1.54, 1.807) is 0 Å². The normalized spacial score (nSPS) is 15.3. The Labute approximate surface area is 143 Å². The molecule has 0 saturated heterocycles. The summed E-state index contributed by atoms with van der Waals surface area (Å²) in [5.74, 6) is 0. The summed E-state index contributed by atoms with van der Waals surface area (Å²) in [6.07, 6.45) is 17.0. The number of hydrogen-bond acceptors (Lipinski definition) is 0. The van der Waals surface area contributed by atoms with Crippen molar-refractivity contribution in [2.45, 2.75) is 40.5 Å². The number of rotatable bonds is 0. The van der Waals surface area contributed by atoms with Crippen molar-refractivity contribution in [2.24, 2.45) is 5.41 Å². The summed E-state index contributed by atoms with van der Waals surface area (Å²) in [6, 6.07) is 0. The Morgan fingerprint density at radius 3 is 1.61 bits per heavy atom. The van der Waals surface area contributed by atoms with Gasteiger partial charge in [-0.2, -0.15) is 12.2 Å². The van der Waals surface area contributed by atoms with Crippen LogP contribution >= 0.6 is 0 Å². The molecule has 0 saturated carbocycles. The molecule has 0 fully saturated rings. The number of hydrogen-bond donors (Lipinski definition) is 0. The van der Waals surface area contributed by atoms with Gasteiger partial charge in [0.2, 0.25) is 0 Å². The van der Waals surface area contributed by atoms with Crippen molar-refractivity contribution in [2.75, 3.05) is 0 Å². The Hall–Kier alpha value is 0.410. The van der Waals surface area contributed by atoms with Gasteiger partial charge >= 0.3 is 25.8 Å². The second-order valence-corrected chi connectivity index (χ2v) is 4.91. The van der Waals surface area contributed by atoms with Crippen molar-refractivity contribution in [1.82, 2.24) is 0 Å². The van der Waals surface area contributed by atoms with Gasteiger partial charge < -0.3 is 24.8 Å². The Morgan fingerprint density at radius 1 is 0.944 bits per heavy atom. The molecule has 3 heteroatoms. The zero-order valence-electron chi connectivity index (χ0n) is 11.5. The minimum atomic E-state index is 0. The molecule has 0 radical (unpaired) electrons. The summed E-state index contributed by atoms with van der Waals surface area (Å²) in [4.78, 5) is 0.